The molecule has 6 nitrogen and oxygen atoms in total. The van der Waals surface area contributed by atoms with Crippen molar-refractivity contribution in [1.29, 1.82) is 0 Å². The van der Waals surface area contributed by atoms with E-state index in [1.165, 1.54) is 218 Å². The largest absolute Gasteiger partial charge is 0.466 e. The van der Waals surface area contributed by atoms with E-state index in [1.54, 1.807) is 6.08 Å². The molecule has 0 radical (unpaired) electrons. The van der Waals surface area contributed by atoms with Crippen LogP contribution in [0.25, 0.3) is 0 Å². The lowest BCUT2D eigenvalue weighted by atomic mass is 10.0. The number of carbonyl (C=O) groups is 2. The Morgan fingerprint density at radius 2 is 0.773 bits per heavy atom. The van der Waals surface area contributed by atoms with Crippen molar-refractivity contribution in [2.45, 2.75) is 321 Å². The number of amides is 1. The van der Waals surface area contributed by atoms with E-state index < -0.39 is 12.1 Å². The molecule has 0 aliphatic carbocycles. The maximum absolute atomic E-state index is 12.5. The van der Waals surface area contributed by atoms with Gasteiger partial charge in [-0.2, -0.15) is 0 Å². The number of carbonyl (C=O) groups excluding carboxylic acids is 2. The fraction of sp³-hybridized carbons (Fsp3) is 0.867. The first kappa shape index (κ1) is 64.1. The van der Waals surface area contributed by atoms with Gasteiger partial charge in [0, 0.05) is 12.8 Å². The van der Waals surface area contributed by atoms with E-state index in [9.17, 15) is 19.8 Å². The van der Waals surface area contributed by atoms with Gasteiger partial charge in [-0.15, -0.1) is 0 Å². The fourth-order valence-electron chi connectivity index (χ4n) is 8.89. The summed E-state index contributed by atoms with van der Waals surface area (Å²) in [7, 11) is 0. The van der Waals surface area contributed by atoms with Crippen LogP contribution in [0.1, 0.15) is 309 Å². The number of hydrogen-bond donors (Lipinski definition) is 3. The number of rotatable bonds is 54. The van der Waals surface area contributed by atoms with E-state index in [2.05, 4.69) is 43.5 Å². The van der Waals surface area contributed by atoms with E-state index in [0.29, 0.717) is 19.4 Å². The number of nitrogens with one attached hydrogen (secondary N) is 1. The molecule has 0 aromatic heterocycles. The molecule has 6 heteroatoms. The van der Waals surface area contributed by atoms with Crippen molar-refractivity contribution >= 4 is 11.9 Å². The molecule has 0 aromatic rings. The molecule has 0 bridgehead atoms. The van der Waals surface area contributed by atoms with Gasteiger partial charge in [0.2, 0.25) is 5.91 Å². The Morgan fingerprint density at radius 1 is 0.424 bits per heavy atom. The molecule has 0 rings (SSSR count). The van der Waals surface area contributed by atoms with E-state index >= 15 is 0 Å². The maximum Gasteiger partial charge on any atom is 0.305 e. The number of unbranched alkanes of at least 4 members (excludes halogenated alkanes) is 39. The van der Waals surface area contributed by atoms with Gasteiger partial charge >= 0.3 is 5.97 Å². The Labute approximate surface area is 411 Å². The van der Waals surface area contributed by atoms with Crippen molar-refractivity contribution in [2.75, 3.05) is 13.2 Å². The van der Waals surface area contributed by atoms with Gasteiger partial charge in [0.15, 0.2) is 0 Å². The second-order valence-electron chi connectivity index (χ2n) is 20.0. The van der Waals surface area contributed by atoms with Gasteiger partial charge in [-0.05, 0) is 57.8 Å². The predicted octanol–water partition coefficient (Wildman–Crippen LogP) is 18.0. The van der Waals surface area contributed by atoms with Crippen molar-refractivity contribution in [3.63, 3.8) is 0 Å². The molecule has 0 aliphatic rings. The molecule has 3 N–H and O–H groups in total. The SMILES string of the molecule is CCCC/C=C\C/C=C\CCCCCCCC(=O)OCCCCCCCCCCCCCCCCC(=O)NC(CO)C(O)/C=C/CCCCCCCCCCCCCCCCCCCCC. The topological polar surface area (TPSA) is 95.9 Å². The molecule has 66 heavy (non-hydrogen) atoms. The summed E-state index contributed by atoms with van der Waals surface area (Å²) < 4.78 is 5.46. The highest BCUT2D eigenvalue weighted by molar-refractivity contribution is 5.76. The summed E-state index contributed by atoms with van der Waals surface area (Å²) in [4.78, 5) is 24.5. The molecular weight excluding hydrogens is 815 g/mol. The van der Waals surface area contributed by atoms with Gasteiger partial charge < -0.3 is 20.3 Å². The van der Waals surface area contributed by atoms with Crippen LogP contribution >= 0.6 is 0 Å². The summed E-state index contributed by atoms with van der Waals surface area (Å²) in [6, 6.07) is -0.638. The molecule has 0 spiro atoms. The molecule has 2 atom stereocenters. The molecule has 0 saturated heterocycles. The van der Waals surface area contributed by atoms with Crippen molar-refractivity contribution in [1.82, 2.24) is 5.32 Å². The first-order valence-electron chi connectivity index (χ1n) is 29.3. The van der Waals surface area contributed by atoms with Crippen LogP contribution in [0, 0.1) is 0 Å². The smallest absolute Gasteiger partial charge is 0.305 e. The Bertz CT molecular complexity index is 1070. The maximum atomic E-state index is 12.5. The molecule has 0 heterocycles. The molecule has 1 amide bonds. The number of esters is 1. The molecule has 0 aliphatic heterocycles. The van der Waals surface area contributed by atoms with Gasteiger partial charge in [0.25, 0.3) is 0 Å². The molecular formula is C60H113NO5. The van der Waals surface area contributed by atoms with E-state index in [-0.39, 0.29) is 18.5 Å². The molecule has 0 saturated carbocycles. The van der Waals surface area contributed by atoms with Gasteiger partial charge in [0.05, 0.1) is 25.4 Å². The van der Waals surface area contributed by atoms with Crippen LogP contribution in [0.3, 0.4) is 0 Å². The van der Waals surface area contributed by atoms with Crippen molar-refractivity contribution in [3.8, 4) is 0 Å². The first-order valence-corrected chi connectivity index (χ1v) is 29.3. The normalized spacial score (nSPS) is 12.8. The van der Waals surface area contributed by atoms with Gasteiger partial charge in [-0.3, -0.25) is 9.59 Å². The number of allylic oxidation sites excluding steroid dienone is 5. The van der Waals surface area contributed by atoms with E-state index in [0.717, 1.165) is 64.2 Å². The lowest BCUT2D eigenvalue weighted by molar-refractivity contribution is -0.143. The van der Waals surface area contributed by atoms with Crippen LogP contribution in [-0.4, -0.2) is 47.4 Å². The standard InChI is InChI=1S/C60H113NO5/c1-3-5-7-9-11-13-15-17-19-20-21-22-23-24-25-28-32-36-40-44-48-52-58(63)57(56-62)61-59(64)53-49-45-41-37-33-29-26-27-31-35-39-43-47-51-55-66-60(65)54-50-46-42-38-34-30-18-16-14-12-10-8-6-4-2/h10,12,16,18,48,52,57-58,62-63H,3-9,11,13-15,17,19-47,49-51,53-56H2,1-2H3,(H,61,64)/b12-10-,18-16-,52-48+. The van der Waals surface area contributed by atoms with Crippen LogP contribution in [0.5, 0.6) is 0 Å². The number of aliphatic hydroxyl groups is 2. The lowest BCUT2D eigenvalue weighted by Crippen LogP contribution is -2.45. The fourth-order valence-corrected chi connectivity index (χ4v) is 8.89. The summed E-state index contributed by atoms with van der Waals surface area (Å²) >= 11 is 0. The quantitative estimate of drug-likeness (QED) is 0.0321. The zero-order chi connectivity index (χ0) is 47.9. The first-order chi connectivity index (χ1) is 32.5. The van der Waals surface area contributed by atoms with Crippen molar-refractivity contribution < 1.29 is 24.5 Å². The number of aliphatic hydroxyl groups excluding tert-OH is 2. The molecule has 2 unspecified atom stereocenters. The summed E-state index contributed by atoms with van der Waals surface area (Å²) in [6.07, 6.45) is 68.7. The van der Waals surface area contributed by atoms with E-state index in [4.69, 9.17) is 4.74 Å². The second kappa shape index (κ2) is 55.7. The van der Waals surface area contributed by atoms with Crippen LogP contribution in [-0.2, 0) is 14.3 Å². The summed E-state index contributed by atoms with van der Waals surface area (Å²) in [5.41, 5.74) is 0. The third kappa shape index (κ3) is 51.5. The lowest BCUT2D eigenvalue weighted by Gasteiger charge is -2.20. The molecule has 0 fully saturated rings. The summed E-state index contributed by atoms with van der Waals surface area (Å²) in [5, 5.41) is 23.2. The zero-order valence-electron chi connectivity index (χ0n) is 44.2. The second-order valence-corrected chi connectivity index (χ2v) is 20.0. The van der Waals surface area contributed by atoms with Gasteiger partial charge in [-0.25, -0.2) is 0 Å². The minimum atomic E-state index is -0.853. The molecule has 388 valence electrons. The highest BCUT2D eigenvalue weighted by Gasteiger charge is 2.18. The Hall–Kier alpha value is -1.92. The monoisotopic (exact) mass is 928 g/mol. The number of ether oxygens (including phenoxy) is 1. The van der Waals surface area contributed by atoms with Crippen LogP contribution in [0.2, 0.25) is 0 Å². The Balaban J connectivity index is 3.49. The highest BCUT2D eigenvalue weighted by Crippen LogP contribution is 2.17. The van der Waals surface area contributed by atoms with Crippen LogP contribution < -0.4 is 5.32 Å². The van der Waals surface area contributed by atoms with Gasteiger partial charge in [0.1, 0.15) is 0 Å². The summed E-state index contributed by atoms with van der Waals surface area (Å²) in [6.45, 7) is 4.85. The Kier molecular flexibility index (Phi) is 54.1. The average molecular weight is 929 g/mol. The highest BCUT2D eigenvalue weighted by atomic mass is 16.5. The minimum absolute atomic E-state index is 0.0179. The summed E-state index contributed by atoms with van der Waals surface area (Å²) in [5.74, 6) is -0.0950. The van der Waals surface area contributed by atoms with Crippen molar-refractivity contribution in [2.24, 2.45) is 0 Å². The van der Waals surface area contributed by atoms with Crippen molar-refractivity contribution in [3.05, 3.63) is 36.5 Å². The van der Waals surface area contributed by atoms with E-state index in [1.807, 2.05) is 6.08 Å². The molecule has 0 aromatic carbocycles. The minimum Gasteiger partial charge on any atom is -0.466 e. The van der Waals surface area contributed by atoms with Gasteiger partial charge in [-0.1, -0.05) is 275 Å². The number of hydrogen-bond acceptors (Lipinski definition) is 5. The Morgan fingerprint density at radius 3 is 1.20 bits per heavy atom. The predicted molar refractivity (Wildman–Crippen MR) is 287 cm³/mol. The van der Waals surface area contributed by atoms with Crippen LogP contribution in [0.15, 0.2) is 36.5 Å². The third-order valence-electron chi connectivity index (χ3n) is 13.4. The third-order valence-corrected chi connectivity index (χ3v) is 13.4. The zero-order valence-corrected chi connectivity index (χ0v) is 44.2. The average Bonchev–Trinajstić information content (AvgIpc) is 3.32. The van der Waals surface area contributed by atoms with Crippen LogP contribution in [0.4, 0.5) is 0 Å².